The highest BCUT2D eigenvalue weighted by Crippen LogP contribution is 2.38. The quantitative estimate of drug-likeness (QED) is 0.0200. The smallest absolute Gasteiger partial charge is 0.306 e. The third-order valence-electron chi connectivity index (χ3n) is 9.69. The summed E-state index contributed by atoms with van der Waals surface area (Å²) in [6, 6.07) is 0. The van der Waals surface area contributed by atoms with Gasteiger partial charge >= 0.3 is 5.97 Å². The maximum Gasteiger partial charge on any atom is 0.306 e. The van der Waals surface area contributed by atoms with Gasteiger partial charge in [0.2, 0.25) is 0 Å². The summed E-state index contributed by atoms with van der Waals surface area (Å²) >= 11 is 0. The van der Waals surface area contributed by atoms with Crippen LogP contribution in [0.1, 0.15) is 194 Å². The number of hydrogen-bond donors (Lipinski definition) is 0. The Morgan fingerprint density at radius 1 is 0.564 bits per heavy atom. The molecule has 0 N–H and O–H groups in total. The monoisotopic (exact) mass is 798 g/mol. The molecule has 2 atom stereocenters. The lowest BCUT2D eigenvalue weighted by atomic mass is 10.1. The van der Waals surface area contributed by atoms with Crippen molar-refractivity contribution < 1.29 is 37.3 Å². The Balaban J connectivity index is 3.98. The van der Waals surface area contributed by atoms with E-state index in [0.717, 1.165) is 44.9 Å². The van der Waals surface area contributed by atoms with Crippen molar-refractivity contribution >= 4 is 13.8 Å². The molecule has 2 unspecified atom stereocenters. The fraction of sp³-hybridized carbons (Fsp3) is 0.848. The van der Waals surface area contributed by atoms with E-state index in [9.17, 15) is 14.3 Å². The van der Waals surface area contributed by atoms with Gasteiger partial charge in [-0.3, -0.25) is 9.36 Å². The molecule has 0 bridgehead atoms. The fourth-order valence-corrected chi connectivity index (χ4v) is 6.87. The van der Waals surface area contributed by atoms with Crippen LogP contribution in [-0.2, 0) is 27.9 Å². The van der Waals surface area contributed by atoms with Gasteiger partial charge in [0.25, 0.3) is 7.82 Å². The molecule has 0 saturated heterocycles. The molecule has 0 rings (SSSR count). The molecule has 0 aromatic rings. The molecule has 0 amide bonds. The van der Waals surface area contributed by atoms with Gasteiger partial charge < -0.3 is 27.9 Å². The Labute approximate surface area is 340 Å². The Bertz CT molecular complexity index is 978. The van der Waals surface area contributed by atoms with Gasteiger partial charge in [-0.15, -0.1) is 0 Å². The highest BCUT2D eigenvalue weighted by Gasteiger charge is 2.20. The van der Waals surface area contributed by atoms with Gasteiger partial charge in [0, 0.05) is 13.0 Å². The number of esters is 1. The van der Waals surface area contributed by atoms with Crippen LogP contribution in [0, 0.1) is 0 Å². The standard InChI is InChI=1S/C46H88NO7P/c1-6-8-10-12-14-15-16-17-18-19-20-21-22-23-24-25-26-27-28-29-30-31-32-34-36-38-41-51-43-45(44-53-55(49,50)52-42-40-47(3,4)5)54-46(48)39-37-35-33-13-11-9-7-2/h16-17,19-20,22-23,45H,6-15,18,21,24-44H2,1-5H3/b17-16-,20-19-,23-22-. The lowest BCUT2D eigenvalue weighted by Crippen LogP contribution is -2.37. The highest BCUT2D eigenvalue weighted by atomic mass is 31.2. The van der Waals surface area contributed by atoms with E-state index >= 15 is 0 Å². The van der Waals surface area contributed by atoms with Crippen LogP contribution in [0.3, 0.4) is 0 Å². The number of carbonyl (C=O) groups is 1. The van der Waals surface area contributed by atoms with Gasteiger partial charge in [-0.05, 0) is 51.4 Å². The maximum atomic E-state index is 12.5. The van der Waals surface area contributed by atoms with Crippen molar-refractivity contribution in [2.45, 2.75) is 200 Å². The number of hydrogen-bond acceptors (Lipinski definition) is 7. The first-order chi connectivity index (χ1) is 26.6. The molecule has 0 aliphatic heterocycles. The second kappa shape index (κ2) is 39.5. The van der Waals surface area contributed by atoms with Gasteiger partial charge in [-0.25, -0.2) is 0 Å². The van der Waals surface area contributed by atoms with E-state index in [4.69, 9.17) is 18.5 Å². The Hall–Kier alpha value is -1.28. The van der Waals surface area contributed by atoms with Gasteiger partial charge in [0.15, 0.2) is 0 Å². The van der Waals surface area contributed by atoms with Crippen molar-refractivity contribution in [1.82, 2.24) is 0 Å². The predicted octanol–water partition coefficient (Wildman–Crippen LogP) is 12.8. The van der Waals surface area contributed by atoms with Gasteiger partial charge in [-0.2, -0.15) is 0 Å². The summed E-state index contributed by atoms with van der Waals surface area (Å²) in [5.41, 5.74) is 0. The molecule has 0 aliphatic carbocycles. The van der Waals surface area contributed by atoms with Crippen LogP contribution < -0.4 is 4.89 Å². The van der Waals surface area contributed by atoms with E-state index in [2.05, 4.69) is 50.3 Å². The molecule has 0 aliphatic rings. The zero-order chi connectivity index (χ0) is 40.6. The molecule has 0 aromatic heterocycles. The molecule has 9 heteroatoms. The van der Waals surface area contributed by atoms with E-state index in [-0.39, 0.29) is 25.8 Å². The molecular weight excluding hydrogens is 709 g/mol. The molecule has 324 valence electrons. The summed E-state index contributed by atoms with van der Waals surface area (Å²) in [5.74, 6) is -0.342. The SMILES string of the molecule is CCCCCCC/C=C\C/C=C\C/C=C\CCCCCCCCCCCCCOCC(COP(=O)([O-])OCC[N+](C)(C)C)OC(=O)CCCCCCCCC. The Morgan fingerprint density at radius 2 is 1.00 bits per heavy atom. The van der Waals surface area contributed by atoms with E-state index < -0.39 is 13.9 Å². The van der Waals surface area contributed by atoms with Crippen LogP contribution in [0.2, 0.25) is 0 Å². The summed E-state index contributed by atoms with van der Waals surface area (Å²) in [6.45, 7) is 5.36. The number of unbranched alkanes of at least 4 members (excludes halogenated alkanes) is 22. The van der Waals surface area contributed by atoms with Crippen molar-refractivity contribution in [1.29, 1.82) is 0 Å². The van der Waals surface area contributed by atoms with Crippen LogP contribution in [0.4, 0.5) is 0 Å². The minimum absolute atomic E-state index is 0.0261. The average Bonchev–Trinajstić information content (AvgIpc) is 3.13. The van der Waals surface area contributed by atoms with E-state index in [1.165, 1.54) is 128 Å². The highest BCUT2D eigenvalue weighted by molar-refractivity contribution is 7.45. The molecule has 0 saturated carbocycles. The molecule has 0 aromatic carbocycles. The number of likely N-dealkylation sites (N-methyl/N-ethyl adjacent to an activating group) is 1. The van der Waals surface area contributed by atoms with E-state index in [1.807, 2.05) is 21.1 Å². The summed E-state index contributed by atoms with van der Waals surface area (Å²) in [6.07, 6.45) is 46.1. The number of phosphoric ester groups is 1. The van der Waals surface area contributed by atoms with Gasteiger partial charge in [0.1, 0.15) is 19.3 Å². The van der Waals surface area contributed by atoms with Gasteiger partial charge in [0.05, 0.1) is 34.4 Å². The number of allylic oxidation sites excluding steroid dienone is 6. The summed E-state index contributed by atoms with van der Waals surface area (Å²) in [7, 11) is 1.36. The third kappa shape index (κ3) is 43.7. The largest absolute Gasteiger partial charge is 0.756 e. The predicted molar refractivity (Wildman–Crippen MR) is 231 cm³/mol. The van der Waals surface area contributed by atoms with Crippen LogP contribution in [-0.4, -0.2) is 70.7 Å². The number of phosphoric acid groups is 1. The minimum Gasteiger partial charge on any atom is -0.756 e. The molecule has 8 nitrogen and oxygen atoms in total. The summed E-state index contributed by atoms with van der Waals surface area (Å²) in [5, 5.41) is 0. The number of nitrogens with zero attached hydrogens (tertiary/aromatic N) is 1. The van der Waals surface area contributed by atoms with Crippen LogP contribution >= 0.6 is 7.82 Å². The topological polar surface area (TPSA) is 94.1 Å². The van der Waals surface area contributed by atoms with Crippen molar-refractivity contribution in [3.63, 3.8) is 0 Å². The maximum absolute atomic E-state index is 12.5. The Morgan fingerprint density at radius 3 is 1.49 bits per heavy atom. The minimum atomic E-state index is -4.51. The van der Waals surface area contributed by atoms with Crippen molar-refractivity contribution in [2.75, 3.05) is 54.1 Å². The summed E-state index contributed by atoms with van der Waals surface area (Å²) in [4.78, 5) is 24.9. The molecule has 0 radical (unpaired) electrons. The van der Waals surface area contributed by atoms with Gasteiger partial charge in [-0.1, -0.05) is 172 Å². The normalized spacial score (nSPS) is 14.1. The van der Waals surface area contributed by atoms with Crippen LogP contribution in [0.15, 0.2) is 36.5 Å². The lowest BCUT2D eigenvalue weighted by Gasteiger charge is -2.28. The van der Waals surface area contributed by atoms with Crippen LogP contribution in [0.25, 0.3) is 0 Å². The number of ether oxygens (including phenoxy) is 2. The zero-order valence-electron chi connectivity index (χ0n) is 36.6. The van der Waals surface area contributed by atoms with E-state index in [1.54, 1.807) is 0 Å². The third-order valence-corrected chi connectivity index (χ3v) is 10.7. The fourth-order valence-electron chi connectivity index (χ4n) is 6.14. The first-order valence-electron chi connectivity index (χ1n) is 22.7. The van der Waals surface area contributed by atoms with Crippen molar-refractivity contribution in [3.8, 4) is 0 Å². The van der Waals surface area contributed by atoms with Crippen LogP contribution in [0.5, 0.6) is 0 Å². The number of quaternary nitrogens is 1. The van der Waals surface area contributed by atoms with Crippen molar-refractivity contribution in [2.24, 2.45) is 0 Å². The molecule has 0 heterocycles. The molecule has 55 heavy (non-hydrogen) atoms. The van der Waals surface area contributed by atoms with E-state index in [0.29, 0.717) is 24.1 Å². The number of rotatable bonds is 42. The second-order valence-electron chi connectivity index (χ2n) is 16.4. The molecule has 0 spiro atoms. The second-order valence-corrected chi connectivity index (χ2v) is 17.8. The Kier molecular flexibility index (Phi) is 38.6. The first-order valence-corrected chi connectivity index (χ1v) is 24.2. The first kappa shape index (κ1) is 53.7. The lowest BCUT2D eigenvalue weighted by molar-refractivity contribution is -0.870. The van der Waals surface area contributed by atoms with Crippen molar-refractivity contribution in [3.05, 3.63) is 36.5 Å². The zero-order valence-corrected chi connectivity index (χ0v) is 37.5. The molecule has 0 fully saturated rings. The average molecular weight is 798 g/mol. The number of carbonyl (C=O) groups excluding carboxylic acids is 1. The summed E-state index contributed by atoms with van der Waals surface area (Å²) < 4.78 is 34.4. The molecular formula is C46H88NO7P.